The van der Waals surface area contributed by atoms with Crippen LogP contribution >= 0.6 is 27.3 Å². The first-order chi connectivity index (χ1) is 15.5. The maximum Gasteiger partial charge on any atom is 0.345 e. The van der Waals surface area contributed by atoms with Gasteiger partial charge in [0.2, 0.25) is 0 Å². The highest BCUT2D eigenvalue weighted by Crippen LogP contribution is 2.31. The maximum atomic E-state index is 12.5. The predicted octanol–water partition coefficient (Wildman–Crippen LogP) is 5.67. The number of fused-ring (bicyclic) bond motifs is 1. The lowest BCUT2D eigenvalue weighted by Crippen LogP contribution is -2.03. The molecule has 160 valence electrons. The third-order valence-corrected chi connectivity index (χ3v) is 5.97. The molecule has 2 aromatic heterocycles. The number of anilines is 1. The van der Waals surface area contributed by atoms with Crippen LogP contribution in [0.1, 0.15) is 5.01 Å². The standard InChI is InChI=1S/C23H16BrN3O4S/c1-29-16-4-6-21(30-2)18(9-16)26-11-14(10-25)22-27-19(12-32-22)17-8-13-7-15(24)3-5-20(13)31-23(17)28/h3-9,11-12,26H,1-2H3/b14-11+. The van der Waals surface area contributed by atoms with Crippen molar-refractivity contribution in [1.29, 1.82) is 5.26 Å². The smallest absolute Gasteiger partial charge is 0.345 e. The van der Waals surface area contributed by atoms with Crippen molar-refractivity contribution in [3.05, 3.63) is 73.9 Å². The monoisotopic (exact) mass is 509 g/mol. The lowest BCUT2D eigenvalue weighted by Gasteiger charge is -2.10. The number of methoxy groups -OCH3 is 2. The molecule has 0 saturated carbocycles. The molecule has 0 atom stereocenters. The van der Waals surface area contributed by atoms with Crippen LogP contribution in [0.2, 0.25) is 0 Å². The predicted molar refractivity (Wildman–Crippen MR) is 128 cm³/mol. The second-order valence-electron chi connectivity index (χ2n) is 6.55. The average Bonchev–Trinajstić information content (AvgIpc) is 3.29. The maximum absolute atomic E-state index is 12.5. The Balaban J connectivity index is 1.67. The molecule has 0 unspecified atom stereocenters. The average molecular weight is 510 g/mol. The Morgan fingerprint density at radius 2 is 2.06 bits per heavy atom. The fourth-order valence-electron chi connectivity index (χ4n) is 3.01. The molecule has 1 N–H and O–H groups in total. The van der Waals surface area contributed by atoms with E-state index >= 15 is 0 Å². The molecular formula is C23H16BrN3O4S. The number of hydrogen-bond donors (Lipinski definition) is 1. The van der Waals surface area contributed by atoms with E-state index in [0.29, 0.717) is 44.6 Å². The highest BCUT2D eigenvalue weighted by molar-refractivity contribution is 9.10. The van der Waals surface area contributed by atoms with Crippen molar-refractivity contribution in [1.82, 2.24) is 4.98 Å². The summed E-state index contributed by atoms with van der Waals surface area (Å²) >= 11 is 4.68. The summed E-state index contributed by atoms with van der Waals surface area (Å²) in [6.07, 6.45) is 1.54. The molecule has 0 aliphatic rings. The largest absolute Gasteiger partial charge is 0.497 e. The first kappa shape index (κ1) is 21.6. The molecule has 0 aliphatic heterocycles. The highest BCUT2D eigenvalue weighted by atomic mass is 79.9. The van der Waals surface area contributed by atoms with Crippen molar-refractivity contribution in [3.63, 3.8) is 0 Å². The van der Waals surface area contributed by atoms with Crippen molar-refractivity contribution in [3.8, 4) is 28.8 Å². The van der Waals surface area contributed by atoms with Gasteiger partial charge in [0.15, 0.2) is 0 Å². The second kappa shape index (κ2) is 9.26. The zero-order valence-electron chi connectivity index (χ0n) is 17.0. The molecule has 0 spiro atoms. The molecule has 2 aromatic carbocycles. The van der Waals surface area contributed by atoms with E-state index in [-0.39, 0.29) is 0 Å². The van der Waals surface area contributed by atoms with Crippen molar-refractivity contribution in [2.75, 3.05) is 19.5 Å². The molecule has 4 aromatic rings. The number of hydrogen-bond acceptors (Lipinski definition) is 8. The van der Waals surface area contributed by atoms with Gasteiger partial charge in [-0.05, 0) is 36.4 Å². The van der Waals surface area contributed by atoms with Gasteiger partial charge in [-0.15, -0.1) is 11.3 Å². The Kier molecular flexibility index (Phi) is 6.25. The molecule has 7 nitrogen and oxygen atoms in total. The second-order valence-corrected chi connectivity index (χ2v) is 8.32. The van der Waals surface area contributed by atoms with E-state index in [1.54, 1.807) is 62.2 Å². The number of benzene rings is 2. The Labute approximate surface area is 195 Å². The Bertz CT molecular complexity index is 1440. The van der Waals surface area contributed by atoms with E-state index in [4.69, 9.17) is 13.9 Å². The van der Waals surface area contributed by atoms with Gasteiger partial charge in [-0.2, -0.15) is 5.26 Å². The summed E-state index contributed by atoms with van der Waals surface area (Å²) in [5.74, 6) is 1.24. The van der Waals surface area contributed by atoms with Gasteiger partial charge in [-0.3, -0.25) is 0 Å². The van der Waals surface area contributed by atoms with E-state index < -0.39 is 5.63 Å². The number of aromatic nitrogens is 1. The number of nitrogens with zero attached hydrogens (tertiary/aromatic N) is 2. The summed E-state index contributed by atoms with van der Waals surface area (Å²) in [5, 5.41) is 15.7. The topological polar surface area (TPSA) is 97.4 Å². The van der Waals surface area contributed by atoms with Gasteiger partial charge < -0.3 is 19.2 Å². The van der Waals surface area contributed by atoms with Crippen LogP contribution < -0.4 is 20.4 Å². The summed E-state index contributed by atoms with van der Waals surface area (Å²) in [6, 6.07) is 14.6. The Hall–Kier alpha value is -3.61. The number of nitriles is 1. The zero-order chi connectivity index (χ0) is 22.7. The Morgan fingerprint density at radius 3 is 2.81 bits per heavy atom. The van der Waals surface area contributed by atoms with Crippen molar-refractivity contribution >= 4 is 49.5 Å². The normalized spacial score (nSPS) is 11.2. The third kappa shape index (κ3) is 4.37. The molecule has 0 aliphatic carbocycles. The molecule has 2 heterocycles. The quantitative estimate of drug-likeness (QED) is 0.264. The number of rotatable bonds is 6. The van der Waals surface area contributed by atoms with Crippen LogP contribution in [0.5, 0.6) is 11.5 Å². The third-order valence-electron chi connectivity index (χ3n) is 4.60. The van der Waals surface area contributed by atoms with E-state index in [1.807, 2.05) is 6.07 Å². The van der Waals surface area contributed by atoms with Crippen molar-refractivity contribution < 1.29 is 13.9 Å². The van der Waals surface area contributed by atoms with Gasteiger partial charge >= 0.3 is 5.63 Å². The number of ether oxygens (including phenoxy) is 2. The van der Waals surface area contributed by atoms with E-state index in [1.165, 1.54) is 11.3 Å². The number of nitrogens with one attached hydrogen (secondary N) is 1. The molecule has 4 rings (SSSR count). The molecule has 9 heteroatoms. The van der Waals surface area contributed by atoms with E-state index in [2.05, 4.69) is 32.3 Å². The minimum atomic E-state index is -0.488. The van der Waals surface area contributed by atoms with Crippen LogP contribution in [-0.2, 0) is 0 Å². The minimum absolute atomic E-state index is 0.305. The van der Waals surface area contributed by atoms with Crippen LogP contribution in [0, 0.1) is 11.3 Å². The van der Waals surface area contributed by atoms with Gasteiger partial charge in [-0.1, -0.05) is 15.9 Å². The fraction of sp³-hybridized carbons (Fsp3) is 0.0870. The summed E-state index contributed by atoms with van der Waals surface area (Å²) in [6.45, 7) is 0. The van der Waals surface area contributed by atoms with Gasteiger partial charge in [0.05, 0.1) is 31.2 Å². The van der Waals surface area contributed by atoms with Crippen LogP contribution in [0.4, 0.5) is 5.69 Å². The Morgan fingerprint density at radius 1 is 1.22 bits per heavy atom. The lowest BCUT2D eigenvalue weighted by molar-refractivity contribution is 0.405. The van der Waals surface area contributed by atoms with Crippen LogP contribution in [0.25, 0.3) is 27.8 Å². The summed E-state index contributed by atoms with van der Waals surface area (Å²) < 4.78 is 16.9. The molecule has 0 bridgehead atoms. The van der Waals surface area contributed by atoms with Crippen LogP contribution in [0.3, 0.4) is 0 Å². The first-order valence-electron chi connectivity index (χ1n) is 9.31. The molecular weight excluding hydrogens is 494 g/mol. The SMILES string of the molecule is COc1ccc(OC)c(N/C=C(\C#N)c2nc(-c3cc4cc(Br)ccc4oc3=O)cs2)c1. The number of halogens is 1. The van der Waals surface area contributed by atoms with E-state index in [0.717, 1.165) is 9.86 Å². The first-order valence-corrected chi connectivity index (χ1v) is 11.0. The van der Waals surface area contributed by atoms with Gasteiger partial charge in [0.25, 0.3) is 0 Å². The van der Waals surface area contributed by atoms with E-state index in [9.17, 15) is 10.1 Å². The van der Waals surface area contributed by atoms with Crippen LogP contribution in [-0.4, -0.2) is 19.2 Å². The zero-order valence-corrected chi connectivity index (χ0v) is 19.4. The molecule has 0 radical (unpaired) electrons. The highest BCUT2D eigenvalue weighted by Gasteiger charge is 2.14. The molecule has 0 saturated heterocycles. The summed E-state index contributed by atoms with van der Waals surface area (Å²) in [5.41, 5.74) is 1.72. The minimum Gasteiger partial charge on any atom is -0.497 e. The molecule has 0 amide bonds. The number of thiazole rings is 1. The summed E-state index contributed by atoms with van der Waals surface area (Å²) in [4.78, 5) is 17.0. The van der Waals surface area contributed by atoms with Gasteiger partial charge in [0, 0.05) is 27.5 Å². The molecule has 32 heavy (non-hydrogen) atoms. The lowest BCUT2D eigenvalue weighted by atomic mass is 10.1. The summed E-state index contributed by atoms with van der Waals surface area (Å²) in [7, 11) is 3.13. The number of allylic oxidation sites excluding steroid dienone is 1. The fourth-order valence-corrected chi connectivity index (χ4v) is 4.18. The van der Waals surface area contributed by atoms with Crippen molar-refractivity contribution in [2.24, 2.45) is 0 Å². The molecule has 0 fully saturated rings. The van der Waals surface area contributed by atoms with Gasteiger partial charge in [0.1, 0.15) is 33.7 Å². The van der Waals surface area contributed by atoms with Crippen molar-refractivity contribution in [2.45, 2.75) is 0 Å². The van der Waals surface area contributed by atoms with Gasteiger partial charge in [-0.25, -0.2) is 9.78 Å². The van der Waals surface area contributed by atoms with Crippen LogP contribution in [0.15, 0.2) is 67.7 Å².